The molecule has 2 nitrogen and oxygen atoms in total. The average molecular weight is 179 g/mol. The number of hydrogen-bond donors (Lipinski definition) is 1. The van der Waals surface area contributed by atoms with Gasteiger partial charge in [0.05, 0.1) is 6.61 Å². The summed E-state index contributed by atoms with van der Waals surface area (Å²) in [7, 11) is 0. The van der Waals surface area contributed by atoms with Crippen molar-refractivity contribution in [3.8, 4) is 5.75 Å². The summed E-state index contributed by atoms with van der Waals surface area (Å²) in [5, 5.41) is 0. The molecule has 0 aromatic heterocycles. The predicted octanol–water partition coefficient (Wildman–Crippen LogP) is 3.28. The van der Waals surface area contributed by atoms with E-state index in [1.54, 1.807) is 0 Å². The minimum absolute atomic E-state index is 0. The number of para-hydroxylation sites is 1. The van der Waals surface area contributed by atoms with Crippen molar-refractivity contribution in [2.45, 2.75) is 13.8 Å². The predicted molar refractivity (Wildman–Crippen MR) is 57.3 cm³/mol. The zero-order valence-corrected chi connectivity index (χ0v) is 8.34. The Kier molecular flexibility index (Phi) is 4.85. The fourth-order valence-electron chi connectivity index (χ4n) is 1.10. The Morgan fingerprint density at radius 2 is 2.00 bits per heavy atom. The molecular formula is C11H17NO. The van der Waals surface area contributed by atoms with Crippen LogP contribution in [-0.2, 0) is 0 Å². The maximum atomic E-state index is 5.44. The van der Waals surface area contributed by atoms with Gasteiger partial charge in [-0.25, -0.2) is 0 Å². The fourth-order valence-corrected chi connectivity index (χ4v) is 1.10. The molecule has 0 aliphatic rings. The summed E-state index contributed by atoms with van der Waals surface area (Å²) in [5.74, 6) is 0.924. The van der Waals surface area contributed by atoms with Gasteiger partial charge in [-0.1, -0.05) is 24.8 Å². The largest absolute Gasteiger partial charge is 0.493 e. The molecule has 13 heavy (non-hydrogen) atoms. The molecule has 0 amide bonds. The number of ether oxygens (including phenoxy) is 1. The molecule has 0 atom stereocenters. The standard InChI is InChI=1S/C11H14O.H3N/c1-4-12-11-8-6-5-7-10(11)9(2)3;/h5-8H,2,4H2,1,3H3;1H3. The molecular weight excluding hydrogens is 162 g/mol. The maximum Gasteiger partial charge on any atom is 0.126 e. The van der Waals surface area contributed by atoms with Gasteiger partial charge in [0.15, 0.2) is 0 Å². The van der Waals surface area contributed by atoms with Crippen LogP contribution in [0.2, 0.25) is 0 Å². The van der Waals surface area contributed by atoms with E-state index < -0.39 is 0 Å². The SMILES string of the molecule is C=C(C)c1ccccc1OCC.N. The van der Waals surface area contributed by atoms with E-state index in [1.807, 2.05) is 38.1 Å². The maximum absolute atomic E-state index is 5.44. The van der Waals surface area contributed by atoms with Crippen molar-refractivity contribution in [2.75, 3.05) is 6.61 Å². The Labute approximate surface area is 79.8 Å². The Balaban J connectivity index is 0.00000144. The van der Waals surface area contributed by atoms with Crippen molar-refractivity contribution in [1.29, 1.82) is 0 Å². The van der Waals surface area contributed by atoms with Crippen LogP contribution >= 0.6 is 0 Å². The van der Waals surface area contributed by atoms with Gasteiger partial charge in [0.1, 0.15) is 5.75 Å². The zero-order chi connectivity index (χ0) is 8.97. The van der Waals surface area contributed by atoms with Crippen LogP contribution < -0.4 is 10.9 Å². The van der Waals surface area contributed by atoms with Crippen LogP contribution in [0, 0.1) is 0 Å². The third kappa shape index (κ3) is 2.92. The quantitative estimate of drug-likeness (QED) is 0.773. The average Bonchev–Trinajstić information content (AvgIpc) is 2.05. The highest BCUT2D eigenvalue weighted by molar-refractivity contribution is 5.66. The molecule has 0 aliphatic heterocycles. The summed E-state index contributed by atoms with van der Waals surface area (Å²) in [6.07, 6.45) is 0. The molecule has 2 heteroatoms. The van der Waals surface area contributed by atoms with E-state index in [4.69, 9.17) is 4.74 Å². The lowest BCUT2D eigenvalue weighted by Gasteiger charge is -2.08. The highest BCUT2D eigenvalue weighted by Gasteiger charge is 2.00. The summed E-state index contributed by atoms with van der Waals surface area (Å²) >= 11 is 0. The highest BCUT2D eigenvalue weighted by atomic mass is 16.5. The van der Waals surface area contributed by atoms with Gasteiger partial charge in [-0.15, -0.1) is 0 Å². The van der Waals surface area contributed by atoms with Crippen LogP contribution in [0.25, 0.3) is 5.57 Å². The summed E-state index contributed by atoms with van der Waals surface area (Å²) in [5.41, 5.74) is 2.14. The van der Waals surface area contributed by atoms with E-state index in [0.717, 1.165) is 16.9 Å². The van der Waals surface area contributed by atoms with Crippen molar-refractivity contribution in [3.05, 3.63) is 36.4 Å². The second-order valence-corrected chi connectivity index (χ2v) is 2.71. The highest BCUT2D eigenvalue weighted by Crippen LogP contribution is 2.23. The molecule has 0 spiro atoms. The molecule has 0 bridgehead atoms. The third-order valence-corrected chi connectivity index (χ3v) is 1.65. The molecule has 1 aromatic carbocycles. The first-order chi connectivity index (χ1) is 5.75. The van der Waals surface area contributed by atoms with Crippen LogP contribution in [0.5, 0.6) is 5.75 Å². The molecule has 1 rings (SSSR count). The molecule has 72 valence electrons. The Morgan fingerprint density at radius 1 is 1.38 bits per heavy atom. The van der Waals surface area contributed by atoms with Gasteiger partial charge in [-0.3, -0.25) is 0 Å². The van der Waals surface area contributed by atoms with Crippen LogP contribution in [0.4, 0.5) is 0 Å². The molecule has 0 saturated heterocycles. The van der Waals surface area contributed by atoms with Gasteiger partial charge < -0.3 is 10.9 Å². The van der Waals surface area contributed by atoms with E-state index in [-0.39, 0.29) is 6.15 Å². The van der Waals surface area contributed by atoms with E-state index >= 15 is 0 Å². The normalized spacial score (nSPS) is 8.77. The zero-order valence-electron chi connectivity index (χ0n) is 8.34. The Hall–Kier alpha value is -1.28. The number of hydrogen-bond acceptors (Lipinski definition) is 2. The monoisotopic (exact) mass is 179 g/mol. The third-order valence-electron chi connectivity index (χ3n) is 1.65. The lowest BCUT2D eigenvalue weighted by molar-refractivity contribution is 0.339. The second kappa shape index (κ2) is 5.38. The van der Waals surface area contributed by atoms with Crippen molar-refractivity contribution < 1.29 is 4.74 Å². The van der Waals surface area contributed by atoms with Crippen molar-refractivity contribution in [3.63, 3.8) is 0 Å². The molecule has 1 aromatic rings. The van der Waals surface area contributed by atoms with Crippen molar-refractivity contribution in [1.82, 2.24) is 6.15 Å². The summed E-state index contributed by atoms with van der Waals surface area (Å²) in [4.78, 5) is 0. The van der Waals surface area contributed by atoms with E-state index in [9.17, 15) is 0 Å². The first kappa shape index (κ1) is 11.7. The molecule has 0 fully saturated rings. The van der Waals surface area contributed by atoms with E-state index in [0.29, 0.717) is 6.61 Å². The molecule has 0 saturated carbocycles. The van der Waals surface area contributed by atoms with Gasteiger partial charge in [-0.2, -0.15) is 0 Å². The van der Waals surface area contributed by atoms with Crippen molar-refractivity contribution in [2.24, 2.45) is 0 Å². The lowest BCUT2D eigenvalue weighted by Crippen LogP contribution is -1.94. The van der Waals surface area contributed by atoms with Gasteiger partial charge >= 0.3 is 0 Å². The second-order valence-electron chi connectivity index (χ2n) is 2.71. The van der Waals surface area contributed by atoms with E-state index in [1.165, 1.54) is 0 Å². The number of rotatable bonds is 3. The Morgan fingerprint density at radius 3 is 2.54 bits per heavy atom. The molecule has 0 aliphatic carbocycles. The smallest absolute Gasteiger partial charge is 0.126 e. The van der Waals surface area contributed by atoms with E-state index in [2.05, 4.69) is 6.58 Å². The van der Waals surface area contributed by atoms with Gasteiger partial charge in [0.2, 0.25) is 0 Å². The van der Waals surface area contributed by atoms with Crippen LogP contribution in [0.1, 0.15) is 19.4 Å². The minimum Gasteiger partial charge on any atom is -0.493 e. The first-order valence-electron chi connectivity index (χ1n) is 4.13. The first-order valence-corrected chi connectivity index (χ1v) is 4.13. The molecule has 3 N–H and O–H groups in total. The summed E-state index contributed by atoms with van der Waals surface area (Å²) in [6.45, 7) is 8.55. The fraction of sp³-hybridized carbons (Fsp3) is 0.273. The summed E-state index contributed by atoms with van der Waals surface area (Å²) < 4.78 is 5.44. The van der Waals surface area contributed by atoms with Gasteiger partial charge in [-0.05, 0) is 25.5 Å². The van der Waals surface area contributed by atoms with Crippen LogP contribution in [0.15, 0.2) is 30.8 Å². The van der Waals surface area contributed by atoms with Crippen LogP contribution in [0.3, 0.4) is 0 Å². The lowest BCUT2D eigenvalue weighted by atomic mass is 10.1. The van der Waals surface area contributed by atoms with Gasteiger partial charge in [0, 0.05) is 5.56 Å². The summed E-state index contributed by atoms with van der Waals surface area (Å²) in [6, 6.07) is 7.95. The van der Waals surface area contributed by atoms with Gasteiger partial charge in [0.25, 0.3) is 0 Å². The molecule has 0 unspecified atom stereocenters. The minimum atomic E-state index is 0. The number of allylic oxidation sites excluding steroid dienone is 1. The Bertz CT molecular complexity index is 281. The topological polar surface area (TPSA) is 44.2 Å². The number of benzene rings is 1. The molecule has 0 heterocycles. The van der Waals surface area contributed by atoms with Crippen molar-refractivity contribution >= 4 is 5.57 Å². The van der Waals surface area contributed by atoms with Crippen LogP contribution in [-0.4, -0.2) is 6.61 Å². The molecule has 0 radical (unpaired) electrons.